The molecule has 0 fully saturated rings. The normalized spacial score (nSPS) is 11.3. The summed E-state index contributed by atoms with van der Waals surface area (Å²) in [6.07, 6.45) is 5.49. The van der Waals surface area contributed by atoms with Crippen molar-refractivity contribution in [2.24, 2.45) is 0 Å². The summed E-state index contributed by atoms with van der Waals surface area (Å²) in [5.41, 5.74) is 1.82. The van der Waals surface area contributed by atoms with Crippen LogP contribution in [0, 0.1) is 5.82 Å². The summed E-state index contributed by atoms with van der Waals surface area (Å²) in [6.45, 7) is 13.4. The molecular formula is C42H49ClFN4NaO6S3. The van der Waals surface area contributed by atoms with Crippen molar-refractivity contribution in [2.45, 2.75) is 89.6 Å². The van der Waals surface area contributed by atoms with Crippen molar-refractivity contribution in [3.05, 3.63) is 91.2 Å². The van der Waals surface area contributed by atoms with E-state index in [0.717, 1.165) is 15.5 Å². The maximum Gasteiger partial charge on any atom is 1.00 e. The monoisotopic (exact) mass is 878 g/mol. The molecule has 58 heavy (non-hydrogen) atoms. The number of halogens is 2. The first-order chi connectivity index (χ1) is 26.3. The van der Waals surface area contributed by atoms with Crippen molar-refractivity contribution in [1.29, 1.82) is 0 Å². The van der Waals surface area contributed by atoms with Crippen molar-refractivity contribution in [3.63, 3.8) is 0 Å². The Bertz CT molecular complexity index is 2610. The van der Waals surface area contributed by atoms with Crippen LogP contribution in [-0.2, 0) is 50.9 Å². The summed E-state index contributed by atoms with van der Waals surface area (Å²) in [7, 11) is 0. The van der Waals surface area contributed by atoms with E-state index in [-0.39, 0.29) is 99.9 Å². The molecule has 0 unspecified atom stereocenters. The van der Waals surface area contributed by atoms with Crippen molar-refractivity contribution in [1.82, 2.24) is 19.1 Å². The van der Waals surface area contributed by atoms with Crippen LogP contribution in [0.1, 0.15) is 67.3 Å². The van der Waals surface area contributed by atoms with Gasteiger partial charge in [-0.3, -0.25) is 19.2 Å². The molecule has 0 spiro atoms. The molecular weight excluding hydrogens is 830 g/mol. The molecule has 10 nitrogen and oxygen atoms in total. The average Bonchev–Trinajstić information content (AvgIpc) is 3.15. The molecule has 0 bridgehead atoms. The maximum atomic E-state index is 14.9. The summed E-state index contributed by atoms with van der Waals surface area (Å²) in [4.78, 5) is 61.1. The van der Waals surface area contributed by atoms with Gasteiger partial charge in [0.1, 0.15) is 24.4 Å². The van der Waals surface area contributed by atoms with E-state index in [2.05, 4.69) is 17.6 Å². The Labute approximate surface area is 379 Å². The Balaban J connectivity index is 0.000000371. The number of thioether (sulfide) groups is 2. The number of benzene rings is 2. The molecule has 16 heteroatoms. The van der Waals surface area contributed by atoms with E-state index in [1.54, 1.807) is 53.8 Å². The predicted octanol–water partition coefficient (Wildman–Crippen LogP) is 6.38. The quantitative estimate of drug-likeness (QED) is 0.0630. The molecule has 0 saturated carbocycles. The van der Waals surface area contributed by atoms with Gasteiger partial charge in [-0.05, 0) is 68.0 Å². The second-order valence-electron chi connectivity index (χ2n) is 14.6. The topological polar surface area (TPSA) is 133 Å². The minimum absolute atomic E-state index is 0. The largest absolute Gasteiger partial charge is 1.00 e. The third kappa shape index (κ3) is 10.6. The van der Waals surface area contributed by atoms with Crippen LogP contribution in [0.3, 0.4) is 0 Å². The number of pyridine rings is 4. The summed E-state index contributed by atoms with van der Waals surface area (Å²) in [6, 6.07) is 13.6. The molecule has 2 aromatic carbocycles. The standard InChI is InChI=1S/C20H20ClFN2O3.C20H22N2O3S2.CH4S.CH4.Na/c1-5-27-15(25)10-24-17-11(6-8-13(21)16(17)22)18(26)12-7-9-14(20(2,3)4)23-19(12)24;1-20(2,3)14-9-7-12-17(25)11-6-8-13(26-4)18(27-5)16(11)22(10-15(23)24)19(12)21-14;1-2;;/h6-9H,5,10H2,1-4H3;6-9H,10H2,1-5H3,(H,23,24);2H,1H3;1H4;/q;;;;+1/p-1. The first-order valence-electron chi connectivity index (χ1n) is 17.5. The number of carboxylic acids is 1. The zero-order valence-corrected chi connectivity index (χ0v) is 39.2. The summed E-state index contributed by atoms with van der Waals surface area (Å²) in [5.74, 6) is -2.28. The first-order valence-corrected chi connectivity index (χ1v) is 21.2. The van der Waals surface area contributed by atoms with Gasteiger partial charge in [-0.15, -0.1) is 23.5 Å². The van der Waals surface area contributed by atoms with Crippen LogP contribution >= 0.6 is 35.1 Å². The van der Waals surface area contributed by atoms with Crippen LogP contribution < -0.4 is 40.4 Å². The van der Waals surface area contributed by atoms with Gasteiger partial charge in [0.15, 0.2) is 16.7 Å². The van der Waals surface area contributed by atoms with Crippen molar-refractivity contribution in [2.75, 3.05) is 25.4 Å². The Morgan fingerprint density at radius 2 is 1.22 bits per heavy atom. The van der Waals surface area contributed by atoms with Crippen LogP contribution in [-0.4, -0.2) is 61.5 Å². The Morgan fingerprint density at radius 1 is 0.776 bits per heavy atom. The summed E-state index contributed by atoms with van der Waals surface area (Å²) < 4.78 is 22.9. The number of fused-ring (bicyclic) bond motifs is 4. The molecule has 0 aliphatic carbocycles. The molecule has 306 valence electrons. The molecule has 0 aliphatic heterocycles. The second-order valence-corrected chi connectivity index (χ2v) is 16.7. The number of rotatable bonds is 7. The third-order valence-corrected chi connectivity index (χ3v) is 10.8. The van der Waals surface area contributed by atoms with Crippen molar-refractivity contribution in [3.8, 4) is 0 Å². The van der Waals surface area contributed by atoms with E-state index in [9.17, 15) is 28.7 Å². The van der Waals surface area contributed by atoms with Crippen LogP contribution in [0.4, 0.5) is 4.39 Å². The van der Waals surface area contributed by atoms with Crippen molar-refractivity contribution >= 4 is 104 Å². The van der Waals surface area contributed by atoms with E-state index in [0.29, 0.717) is 33.0 Å². The fraction of sp³-hybridized carbons (Fsp3) is 0.381. The number of nitrogens with zero attached hydrogens (tertiary/aromatic N) is 4. The molecule has 4 aromatic heterocycles. The molecule has 0 amide bonds. The molecule has 1 N–H and O–H groups in total. The van der Waals surface area contributed by atoms with E-state index >= 15 is 0 Å². The van der Waals surface area contributed by atoms with E-state index in [1.807, 2.05) is 66.2 Å². The minimum Gasteiger partial charge on any atom is -0.796 e. The SMILES string of the molecule is C.CCOC(=O)Cn1c2nc(C(C)(C)C)ccc2c(=O)c2ccc(Cl)c(F)c21.CSc1ccc2c(=O)c3ccc(C(C)(C)C)nc3n(CC(=O)O)c2c1SC.C[S-].[Na+]. The average molecular weight is 880 g/mol. The van der Waals surface area contributed by atoms with Gasteiger partial charge in [0.25, 0.3) is 0 Å². The van der Waals surface area contributed by atoms with E-state index in [1.165, 1.54) is 28.5 Å². The van der Waals surface area contributed by atoms with E-state index in [4.69, 9.17) is 21.3 Å². The zero-order chi connectivity index (χ0) is 41.9. The fourth-order valence-electron chi connectivity index (χ4n) is 6.13. The van der Waals surface area contributed by atoms with Crippen LogP contribution in [0.5, 0.6) is 0 Å². The van der Waals surface area contributed by atoms with Gasteiger partial charge in [0.2, 0.25) is 0 Å². The number of aromatic nitrogens is 4. The van der Waals surface area contributed by atoms with Gasteiger partial charge >= 0.3 is 41.5 Å². The van der Waals surface area contributed by atoms with Gasteiger partial charge in [0.05, 0.1) is 33.4 Å². The number of carbonyl (C=O) groups excluding carboxylic acids is 1. The fourth-order valence-corrected chi connectivity index (χ4v) is 7.95. The van der Waals surface area contributed by atoms with Gasteiger partial charge in [-0.25, -0.2) is 14.4 Å². The minimum atomic E-state index is -0.967. The van der Waals surface area contributed by atoms with Gasteiger partial charge < -0.3 is 31.6 Å². The predicted molar refractivity (Wildman–Crippen MR) is 237 cm³/mol. The zero-order valence-electron chi connectivity index (χ0n) is 34.0. The summed E-state index contributed by atoms with van der Waals surface area (Å²) in [5, 5.41) is 10.8. The molecule has 4 heterocycles. The number of hydrogen-bond donors (Lipinski definition) is 1. The summed E-state index contributed by atoms with van der Waals surface area (Å²) >= 11 is 13.1. The second kappa shape index (κ2) is 20.9. The van der Waals surface area contributed by atoms with Crippen LogP contribution in [0.2, 0.25) is 5.02 Å². The van der Waals surface area contributed by atoms with Gasteiger partial charge in [-0.2, -0.15) is 6.26 Å². The first kappa shape index (κ1) is 51.0. The molecule has 0 aliphatic rings. The van der Waals surface area contributed by atoms with Crippen LogP contribution in [0.15, 0.2) is 67.9 Å². The van der Waals surface area contributed by atoms with Gasteiger partial charge in [0, 0.05) is 42.8 Å². The number of carbonyl (C=O) groups is 2. The third-order valence-electron chi connectivity index (χ3n) is 8.79. The Hall–Kier alpha value is -3.11. The molecule has 0 atom stereocenters. The number of carboxylic acid groups (broad SMARTS) is 1. The maximum absolute atomic E-state index is 14.9. The van der Waals surface area contributed by atoms with Crippen LogP contribution in [0.25, 0.3) is 43.9 Å². The Kier molecular flexibility index (Phi) is 18.4. The molecule has 0 saturated heterocycles. The van der Waals surface area contributed by atoms with E-state index < -0.39 is 17.8 Å². The Morgan fingerprint density at radius 3 is 1.66 bits per heavy atom. The number of aliphatic carboxylic acids is 1. The van der Waals surface area contributed by atoms with Gasteiger partial charge in [-0.1, -0.05) is 60.6 Å². The molecule has 6 aromatic rings. The van der Waals surface area contributed by atoms with Crippen molar-refractivity contribution < 1.29 is 53.4 Å². The molecule has 0 radical (unpaired) electrons. The number of hydrogen-bond acceptors (Lipinski definition) is 10. The number of esters is 1. The molecule has 6 rings (SSSR count). The number of ether oxygens (including phenoxy) is 1. The smallest absolute Gasteiger partial charge is 0.796 e.